The van der Waals surface area contributed by atoms with E-state index >= 15 is 0 Å². The number of hydrogen-bond acceptors (Lipinski definition) is 6. The van der Waals surface area contributed by atoms with Gasteiger partial charge in [0, 0.05) is 24.6 Å². The van der Waals surface area contributed by atoms with E-state index in [4.69, 9.17) is 15.2 Å². The minimum Gasteiger partial charge on any atom is -0.494 e. The van der Waals surface area contributed by atoms with E-state index in [1.165, 1.54) is 13.3 Å². The molecule has 2 aromatic heterocycles. The second-order valence-corrected chi connectivity index (χ2v) is 6.31. The largest absolute Gasteiger partial charge is 0.494 e. The Kier molecular flexibility index (Phi) is 5.38. The number of alkyl halides is 1. The van der Waals surface area contributed by atoms with Crippen molar-refractivity contribution in [3.63, 3.8) is 0 Å². The summed E-state index contributed by atoms with van der Waals surface area (Å²) in [5.41, 5.74) is 5.83. The van der Waals surface area contributed by atoms with Crippen LogP contribution in [0.5, 0.6) is 11.6 Å². The maximum Gasteiger partial charge on any atom is 0.271 e. The quantitative estimate of drug-likeness (QED) is 0.754. The number of ether oxygens (including phenoxy) is 2. The molecule has 0 bridgehead atoms. The van der Waals surface area contributed by atoms with Crippen molar-refractivity contribution in [2.24, 2.45) is 11.7 Å². The van der Waals surface area contributed by atoms with Gasteiger partial charge in [-0.25, -0.2) is 14.4 Å². The maximum absolute atomic E-state index is 13.9. The Hall–Kier alpha value is -2.97. The van der Waals surface area contributed by atoms with Gasteiger partial charge in [-0.2, -0.15) is 0 Å². The van der Waals surface area contributed by atoms with Gasteiger partial charge in [0.05, 0.1) is 24.6 Å². The highest BCUT2D eigenvalue weighted by Gasteiger charge is 2.41. The lowest BCUT2D eigenvalue weighted by Crippen LogP contribution is -2.30. The molecule has 144 valence electrons. The van der Waals surface area contributed by atoms with Crippen molar-refractivity contribution in [2.75, 3.05) is 13.7 Å². The summed E-state index contributed by atoms with van der Waals surface area (Å²) in [6.07, 6.45) is 1.04. The van der Waals surface area contributed by atoms with Gasteiger partial charge in [0.2, 0.25) is 5.88 Å². The Labute approximate surface area is 155 Å². The van der Waals surface area contributed by atoms with E-state index in [2.05, 4.69) is 15.3 Å². The smallest absolute Gasteiger partial charge is 0.271 e. The van der Waals surface area contributed by atoms with Crippen LogP contribution in [-0.4, -0.2) is 47.7 Å². The predicted molar refractivity (Wildman–Crippen MR) is 95.3 cm³/mol. The van der Waals surface area contributed by atoms with Crippen molar-refractivity contribution < 1.29 is 23.5 Å². The van der Waals surface area contributed by atoms with E-state index in [-0.39, 0.29) is 30.0 Å². The zero-order valence-corrected chi connectivity index (χ0v) is 15.1. The molecule has 27 heavy (non-hydrogen) atoms. The van der Waals surface area contributed by atoms with Gasteiger partial charge in [0.15, 0.2) is 17.6 Å². The number of carbonyl (C=O) groups excluding carboxylic acids is 2. The second-order valence-electron chi connectivity index (χ2n) is 6.31. The maximum atomic E-state index is 13.9. The van der Waals surface area contributed by atoms with Gasteiger partial charge in [-0.3, -0.25) is 9.59 Å². The van der Waals surface area contributed by atoms with Gasteiger partial charge in [-0.1, -0.05) is 6.92 Å². The lowest BCUT2D eigenvalue weighted by Gasteiger charge is -2.18. The highest BCUT2D eigenvalue weighted by molar-refractivity contribution is 5.97. The molecule has 0 radical (unpaired) electrons. The fraction of sp³-hybridized carbons (Fsp3) is 0.444. The third-order valence-electron chi connectivity index (χ3n) is 4.73. The monoisotopic (exact) mass is 376 g/mol. The van der Waals surface area contributed by atoms with Crippen molar-refractivity contribution in [1.82, 2.24) is 15.3 Å². The minimum atomic E-state index is -1.48. The van der Waals surface area contributed by atoms with Gasteiger partial charge in [0.25, 0.3) is 11.8 Å². The van der Waals surface area contributed by atoms with Crippen LogP contribution in [0.1, 0.15) is 30.3 Å². The molecule has 3 rings (SSSR count). The zero-order valence-electron chi connectivity index (χ0n) is 15.1. The average molecular weight is 376 g/mol. The number of primary amides is 1. The molecule has 2 amide bonds. The summed E-state index contributed by atoms with van der Waals surface area (Å²) < 4.78 is 24.8. The van der Waals surface area contributed by atoms with Crippen molar-refractivity contribution in [3.8, 4) is 11.6 Å². The van der Waals surface area contributed by atoms with Crippen LogP contribution in [0.15, 0.2) is 18.3 Å². The first-order valence-electron chi connectivity index (χ1n) is 8.67. The highest BCUT2D eigenvalue weighted by atomic mass is 19.1. The first-order valence-corrected chi connectivity index (χ1v) is 8.67. The molecule has 2 aromatic rings. The Morgan fingerprint density at radius 2 is 2.22 bits per heavy atom. The summed E-state index contributed by atoms with van der Waals surface area (Å²) in [6.45, 7) is 2.09. The zero-order chi connectivity index (χ0) is 19.6. The topological polar surface area (TPSA) is 116 Å². The lowest BCUT2D eigenvalue weighted by molar-refractivity contribution is -0.123. The summed E-state index contributed by atoms with van der Waals surface area (Å²) in [5.74, 6) is -1.09. The molecule has 0 unspecified atom stereocenters. The lowest BCUT2D eigenvalue weighted by atomic mass is 9.94. The Bertz CT molecular complexity index is 876. The number of hydrogen-bond donors (Lipinski definition) is 2. The molecule has 3 heterocycles. The van der Waals surface area contributed by atoms with Gasteiger partial charge < -0.3 is 20.5 Å². The molecule has 1 aliphatic heterocycles. The molecule has 1 aliphatic rings. The SMILES string of the molecule is CC[C@@H]1[C@H](F)C(=O)N[C@@H]1CCOc1nccc2nc(C(N)=O)c(OC)cc12. The summed E-state index contributed by atoms with van der Waals surface area (Å²) in [6, 6.07) is 2.95. The molecule has 8 nitrogen and oxygen atoms in total. The van der Waals surface area contributed by atoms with Crippen LogP contribution in [0.4, 0.5) is 4.39 Å². The van der Waals surface area contributed by atoms with Crippen molar-refractivity contribution >= 4 is 22.7 Å². The number of fused-ring (bicyclic) bond motifs is 1. The van der Waals surface area contributed by atoms with E-state index in [0.717, 1.165) is 0 Å². The number of aromatic nitrogens is 2. The Balaban J connectivity index is 1.77. The number of halogens is 1. The van der Waals surface area contributed by atoms with Crippen LogP contribution in [0.25, 0.3) is 10.9 Å². The average Bonchev–Trinajstić information content (AvgIpc) is 2.93. The fourth-order valence-electron chi connectivity index (χ4n) is 3.33. The fourth-order valence-corrected chi connectivity index (χ4v) is 3.33. The number of pyridine rings is 2. The summed E-state index contributed by atoms with van der Waals surface area (Å²) in [7, 11) is 1.41. The van der Waals surface area contributed by atoms with Crippen LogP contribution in [0.3, 0.4) is 0 Å². The number of carbonyl (C=O) groups is 2. The molecular formula is C18H21FN4O4. The highest BCUT2D eigenvalue weighted by Crippen LogP contribution is 2.29. The molecule has 1 saturated heterocycles. The molecule has 3 atom stereocenters. The van der Waals surface area contributed by atoms with E-state index in [1.807, 2.05) is 6.92 Å². The van der Waals surface area contributed by atoms with Crippen LogP contribution in [0.2, 0.25) is 0 Å². The van der Waals surface area contributed by atoms with Crippen LogP contribution >= 0.6 is 0 Å². The molecule has 9 heteroatoms. The molecule has 0 saturated carbocycles. The van der Waals surface area contributed by atoms with E-state index in [0.29, 0.717) is 29.6 Å². The summed E-state index contributed by atoms with van der Waals surface area (Å²) >= 11 is 0. The minimum absolute atomic E-state index is 0.0237. The number of rotatable bonds is 7. The van der Waals surface area contributed by atoms with Crippen LogP contribution in [0, 0.1) is 5.92 Å². The third kappa shape index (κ3) is 3.62. The van der Waals surface area contributed by atoms with Gasteiger partial charge in [0.1, 0.15) is 0 Å². The van der Waals surface area contributed by atoms with Gasteiger partial charge in [-0.05, 0) is 18.6 Å². The number of nitrogens with zero attached hydrogens (tertiary/aromatic N) is 2. The summed E-state index contributed by atoms with van der Waals surface area (Å²) in [5, 5.41) is 3.23. The second kappa shape index (κ2) is 7.73. The Morgan fingerprint density at radius 1 is 1.44 bits per heavy atom. The van der Waals surface area contributed by atoms with Crippen molar-refractivity contribution in [2.45, 2.75) is 32.0 Å². The number of nitrogens with two attached hydrogens (primary N) is 1. The van der Waals surface area contributed by atoms with Gasteiger partial charge in [-0.15, -0.1) is 0 Å². The first-order chi connectivity index (χ1) is 13.0. The van der Waals surface area contributed by atoms with E-state index in [1.54, 1.807) is 12.1 Å². The van der Waals surface area contributed by atoms with Crippen molar-refractivity contribution in [3.05, 3.63) is 24.0 Å². The van der Waals surface area contributed by atoms with Crippen molar-refractivity contribution in [1.29, 1.82) is 0 Å². The van der Waals surface area contributed by atoms with E-state index < -0.39 is 18.0 Å². The normalized spacial score (nSPS) is 21.9. The molecule has 0 aliphatic carbocycles. The Morgan fingerprint density at radius 3 is 2.89 bits per heavy atom. The molecule has 0 aromatic carbocycles. The third-order valence-corrected chi connectivity index (χ3v) is 4.73. The van der Waals surface area contributed by atoms with Gasteiger partial charge >= 0.3 is 0 Å². The molecule has 1 fully saturated rings. The molecule has 0 spiro atoms. The molecule has 3 N–H and O–H groups in total. The number of nitrogens with one attached hydrogen (secondary N) is 1. The first kappa shape index (κ1) is 18.8. The number of methoxy groups -OCH3 is 1. The predicted octanol–water partition coefficient (Wildman–Crippen LogP) is 1.37. The molecular weight excluding hydrogens is 355 g/mol. The van der Waals surface area contributed by atoms with Crippen LogP contribution < -0.4 is 20.5 Å². The van der Waals surface area contributed by atoms with Crippen LogP contribution in [-0.2, 0) is 4.79 Å². The number of amides is 2. The standard InChI is InChI=1S/C18H21FN4O4/c1-3-9-12(23-17(25)14(9)19)5-7-27-18-10-8-13(26-2)15(16(20)24)22-11(10)4-6-21-18/h4,6,8-9,12,14H,3,5,7H2,1-2H3,(H2,20,24)(H,23,25)/t9-,12+,14-/m0/s1. The summed E-state index contributed by atoms with van der Waals surface area (Å²) in [4.78, 5) is 31.4. The van der Waals surface area contributed by atoms with E-state index in [9.17, 15) is 14.0 Å².